The second-order valence-electron chi connectivity index (χ2n) is 5.03. The molecule has 1 aromatic rings. The maximum absolute atomic E-state index is 11.1. The Hall–Kier alpha value is -1.57. The van der Waals surface area contributed by atoms with Gasteiger partial charge in [0.1, 0.15) is 5.82 Å². The molecule has 1 heterocycles. The van der Waals surface area contributed by atoms with Crippen LogP contribution in [0, 0.1) is 5.92 Å². The molecule has 20 heavy (non-hydrogen) atoms. The van der Waals surface area contributed by atoms with Gasteiger partial charge in [-0.25, -0.2) is 0 Å². The SMILES string of the molecule is CC(C)Cn1c(CCC(N)=O)nnc1S[C@@H](C)C(N)=O. The zero-order valence-electron chi connectivity index (χ0n) is 12.0. The summed E-state index contributed by atoms with van der Waals surface area (Å²) in [6.45, 7) is 6.59. The number of aromatic nitrogens is 3. The lowest BCUT2D eigenvalue weighted by atomic mass is 10.2. The molecule has 0 aliphatic carbocycles. The van der Waals surface area contributed by atoms with Gasteiger partial charge in [-0.2, -0.15) is 0 Å². The average molecular weight is 299 g/mol. The number of hydrogen-bond donors (Lipinski definition) is 2. The van der Waals surface area contributed by atoms with Crippen molar-refractivity contribution in [3.8, 4) is 0 Å². The van der Waals surface area contributed by atoms with Gasteiger partial charge in [0.15, 0.2) is 5.16 Å². The maximum Gasteiger partial charge on any atom is 0.230 e. The first kappa shape index (κ1) is 16.5. The summed E-state index contributed by atoms with van der Waals surface area (Å²) in [7, 11) is 0. The Bertz CT molecular complexity index is 486. The van der Waals surface area contributed by atoms with Crippen molar-refractivity contribution < 1.29 is 9.59 Å². The molecule has 0 spiro atoms. The first-order chi connectivity index (χ1) is 9.31. The second-order valence-corrected chi connectivity index (χ2v) is 6.34. The zero-order valence-corrected chi connectivity index (χ0v) is 12.8. The summed E-state index contributed by atoms with van der Waals surface area (Å²) in [6, 6.07) is 0. The third-order valence-electron chi connectivity index (χ3n) is 2.62. The molecule has 0 radical (unpaired) electrons. The molecule has 0 bridgehead atoms. The van der Waals surface area contributed by atoms with E-state index in [2.05, 4.69) is 24.0 Å². The molecular formula is C12H21N5O2S. The van der Waals surface area contributed by atoms with Crippen LogP contribution in [0.4, 0.5) is 0 Å². The Morgan fingerprint density at radius 3 is 2.40 bits per heavy atom. The minimum Gasteiger partial charge on any atom is -0.370 e. The van der Waals surface area contributed by atoms with Gasteiger partial charge in [-0.05, 0) is 12.8 Å². The van der Waals surface area contributed by atoms with E-state index in [0.717, 1.165) is 6.54 Å². The van der Waals surface area contributed by atoms with Gasteiger partial charge < -0.3 is 16.0 Å². The molecule has 0 fully saturated rings. The van der Waals surface area contributed by atoms with Crippen molar-refractivity contribution in [2.75, 3.05) is 0 Å². The molecule has 1 rings (SSSR count). The van der Waals surface area contributed by atoms with Gasteiger partial charge in [0.2, 0.25) is 11.8 Å². The largest absolute Gasteiger partial charge is 0.370 e. The highest BCUT2D eigenvalue weighted by atomic mass is 32.2. The van der Waals surface area contributed by atoms with E-state index < -0.39 is 5.91 Å². The quantitative estimate of drug-likeness (QED) is 0.670. The Balaban J connectivity index is 2.92. The molecule has 2 amide bonds. The van der Waals surface area contributed by atoms with Gasteiger partial charge >= 0.3 is 0 Å². The predicted molar refractivity (Wildman–Crippen MR) is 76.9 cm³/mol. The molecule has 0 aliphatic heterocycles. The van der Waals surface area contributed by atoms with E-state index in [1.807, 2.05) is 4.57 Å². The molecule has 1 atom stereocenters. The van der Waals surface area contributed by atoms with E-state index in [9.17, 15) is 9.59 Å². The number of hydrogen-bond acceptors (Lipinski definition) is 5. The topological polar surface area (TPSA) is 117 Å². The Labute approximate surface area is 122 Å². The van der Waals surface area contributed by atoms with Crippen LogP contribution in [-0.4, -0.2) is 31.8 Å². The van der Waals surface area contributed by atoms with Crippen molar-refractivity contribution in [2.45, 2.75) is 50.6 Å². The molecule has 0 saturated heterocycles. The van der Waals surface area contributed by atoms with Gasteiger partial charge in [0, 0.05) is 19.4 Å². The van der Waals surface area contributed by atoms with E-state index in [1.165, 1.54) is 11.8 Å². The number of carbonyl (C=O) groups is 2. The minimum atomic E-state index is -0.396. The van der Waals surface area contributed by atoms with Gasteiger partial charge in [-0.1, -0.05) is 25.6 Å². The fourth-order valence-electron chi connectivity index (χ4n) is 1.59. The number of nitrogens with zero attached hydrogens (tertiary/aromatic N) is 3. The fourth-order valence-corrected chi connectivity index (χ4v) is 2.42. The second kappa shape index (κ2) is 7.28. The van der Waals surface area contributed by atoms with Gasteiger partial charge in [-0.3, -0.25) is 9.59 Å². The smallest absolute Gasteiger partial charge is 0.230 e. The summed E-state index contributed by atoms with van der Waals surface area (Å²) < 4.78 is 1.93. The molecule has 4 N–H and O–H groups in total. The molecular weight excluding hydrogens is 278 g/mol. The molecule has 0 aliphatic rings. The molecule has 0 saturated carbocycles. The van der Waals surface area contributed by atoms with Crippen LogP contribution >= 0.6 is 11.8 Å². The summed E-state index contributed by atoms with van der Waals surface area (Å²) in [6.07, 6.45) is 0.673. The van der Waals surface area contributed by atoms with Crippen molar-refractivity contribution in [3.05, 3.63) is 5.82 Å². The average Bonchev–Trinajstić information content (AvgIpc) is 2.68. The lowest BCUT2D eigenvalue weighted by molar-refractivity contribution is -0.118. The summed E-state index contributed by atoms with van der Waals surface area (Å²) in [4.78, 5) is 22.0. The van der Waals surface area contributed by atoms with Crippen LogP contribution in [-0.2, 0) is 22.6 Å². The number of thioether (sulfide) groups is 1. The van der Waals surface area contributed by atoms with Crippen molar-refractivity contribution in [1.29, 1.82) is 0 Å². The number of amides is 2. The van der Waals surface area contributed by atoms with E-state index in [4.69, 9.17) is 11.5 Å². The summed E-state index contributed by atoms with van der Waals surface area (Å²) >= 11 is 1.27. The van der Waals surface area contributed by atoms with E-state index >= 15 is 0 Å². The molecule has 1 aromatic heterocycles. The Morgan fingerprint density at radius 2 is 1.90 bits per heavy atom. The van der Waals surface area contributed by atoms with Crippen LogP contribution in [0.1, 0.15) is 33.0 Å². The third-order valence-corrected chi connectivity index (χ3v) is 3.72. The summed E-state index contributed by atoms with van der Waals surface area (Å²) in [5.41, 5.74) is 10.4. The van der Waals surface area contributed by atoms with E-state index in [-0.39, 0.29) is 17.6 Å². The molecule has 7 nitrogen and oxygen atoms in total. The van der Waals surface area contributed by atoms with Crippen LogP contribution < -0.4 is 11.5 Å². The van der Waals surface area contributed by atoms with Crippen molar-refractivity contribution in [3.63, 3.8) is 0 Å². The zero-order chi connectivity index (χ0) is 15.3. The predicted octanol–water partition coefficient (Wildman–Crippen LogP) is 0.318. The number of nitrogens with two attached hydrogens (primary N) is 2. The van der Waals surface area contributed by atoms with E-state index in [0.29, 0.717) is 23.3 Å². The highest BCUT2D eigenvalue weighted by Gasteiger charge is 2.19. The number of carbonyl (C=O) groups excluding carboxylic acids is 2. The number of rotatable bonds is 8. The monoisotopic (exact) mass is 299 g/mol. The van der Waals surface area contributed by atoms with Crippen LogP contribution in [0.5, 0.6) is 0 Å². The molecule has 0 aromatic carbocycles. The maximum atomic E-state index is 11.1. The standard InChI is InChI=1S/C12H21N5O2S/c1-7(2)6-17-10(5-4-9(13)18)15-16-12(17)20-8(3)11(14)19/h7-8H,4-6H2,1-3H3,(H2,13,18)(H2,14,19)/t8-/m0/s1. The Kier molecular flexibility index (Phi) is 6.00. The van der Waals surface area contributed by atoms with Crippen molar-refractivity contribution in [1.82, 2.24) is 14.8 Å². The first-order valence-corrected chi connectivity index (χ1v) is 7.35. The van der Waals surface area contributed by atoms with Crippen LogP contribution in [0.2, 0.25) is 0 Å². The summed E-state index contributed by atoms with van der Waals surface area (Å²) in [5.74, 6) is 0.329. The lowest BCUT2D eigenvalue weighted by Crippen LogP contribution is -2.23. The summed E-state index contributed by atoms with van der Waals surface area (Å²) in [5, 5.41) is 8.43. The van der Waals surface area contributed by atoms with Crippen LogP contribution in [0.3, 0.4) is 0 Å². The molecule has 8 heteroatoms. The van der Waals surface area contributed by atoms with Gasteiger partial charge in [-0.15, -0.1) is 10.2 Å². The van der Waals surface area contributed by atoms with Gasteiger partial charge in [0.05, 0.1) is 5.25 Å². The fraction of sp³-hybridized carbons (Fsp3) is 0.667. The van der Waals surface area contributed by atoms with Crippen molar-refractivity contribution >= 4 is 23.6 Å². The van der Waals surface area contributed by atoms with Gasteiger partial charge in [0.25, 0.3) is 0 Å². The lowest BCUT2D eigenvalue weighted by Gasteiger charge is -2.13. The van der Waals surface area contributed by atoms with Crippen LogP contribution in [0.15, 0.2) is 5.16 Å². The number of primary amides is 2. The first-order valence-electron chi connectivity index (χ1n) is 6.47. The Morgan fingerprint density at radius 1 is 1.25 bits per heavy atom. The highest BCUT2D eigenvalue weighted by Crippen LogP contribution is 2.23. The van der Waals surface area contributed by atoms with Crippen LogP contribution in [0.25, 0.3) is 0 Å². The molecule has 0 unspecified atom stereocenters. The minimum absolute atomic E-state index is 0.228. The molecule has 112 valence electrons. The number of aryl methyl sites for hydroxylation is 1. The van der Waals surface area contributed by atoms with E-state index in [1.54, 1.807) is 6.92 Å². The normalized spacial score (nSPS) is 12.6. The third kappa shape index (κ3) is 4.84. The van der Waals surface area contributed by atoms with Crippen molar-refractivity contribution in [2.24, 2.45) is 17.4 Å². The highest BCUT2D eigenvalue weighted by molar-refractivity contribution is 8.00.